The number of nitrogens with zero attached hydrogens (tertiary/aromatic N) is 1. The molecule has 0 radical (unpaired) electrons. The van der Waals surface area contributed by atoms with Crippen molar-refractivity contribution >= 4 is 15.9 Å². The maximum Gasteiger partial charge on any atom is 0.142 e. The maximum atomic E-state index is 8.86. The van der Waals surface area contributed by atoms with Crippen LogP contribution >= 0.6 is 15.9 Å². The van der Waals surface area contributed by atoms with Gasteiger partial charge < -0.3 is 9.59 Å². The number of benzene rings is 1. The molecule has 3 heteroatoms. The topological polar surface area (TPSA) is 20.2 Å². The fraction of sp³-hybridized carbons (Fsp3) is 0.474. The molecule has 0 saturated carbocycles. The summed E-state index contributed by atoms with van der Waals surface area (Å²) in [5, 5.41) is 8.86. The molecule has 0 atom stereocenters. The van der Waals surface area contributed by atoms with Crippen molar-refractivity contribution in [3.63, 3.8) is 0 Å². The SMILES string of the molecule is CCC[N+](CC#CCO)(CC#Cc1ccc(Br)cc1)CCC. The molecule has 1 aromatic carbocycles. The predicted molar refractivity (Wildman–Crippen MR) is 96.2 cm³/mol. The molecule has 0 unspecified atom stereocenters. The van der Waals surface area contributed by atoms with Crippen LogP contribution in [-0.2, 0) is 0 Å². The number of quaternary nitrogens is 1. The van der Waals surface area contributed by atoms with Gasteiger partial charge in [0, 0.05) is 10.0 Å². The second-order valence-electron chi connectivity index (χ2n) is 5.43. The Morgan fingerprint density at radius 3 is 2.09 bits per heavy atom. The van der Waals surface area contributed by atoms with Gasteiger partial charge in [0.1, 0.15) is 19.7 Å². The molecule has 0 bridgehead atoms. The van der Waals surface area contributed by atoms with Gasteiger partial charge >= 0.3 is 0 Å². The van der Waals surface area contributed by atoms with Crippen LogP contribution in [0.25, 0.3) is 0 Å². The first-order valence-electron chi connectivity index (χ1n) is 7.82. The van der Waals surface area contributed by atoms with Gasteiger partial charge in [-0.15, -0.1) is 0 Å². The Bertz CT molecular complexity index is 551. The van der Waals surface area contributed by atoms with E-state index >= 15 is 0 Å². The molecule has 1 N–H and O–H groups in total. The van der Waals surface area contributed by atoms with E-state index in [0.717, 1.165) is 53.5 Å². The van der Waals surface area contributed by atoms with E-state index in [4.69, 9.17) is 5.11 Å². The van der Waals surface area contributed by atoms with Gasteiger partial charge in [0.2, 0.25) is 0 Å². The third kappa shape index (κ3) is 6.67. The van der Waals surface area contributed by atoms with E-state index in [-0.39, 0.29) is 6.61 Å². The fourth-order valence-corrected chi connectivity index (χ4v) is 2.82. The van der Waals surface area contributed by atoms with Gasteiger partial charge in [0.25, 0.3) is 0 Å². The van der Waals surface area contributed by atoms with E-state index in [1.54, 1.807) is 0 Å². The Hall–Kier alpha value is -1.26. The standard InChI is InChI=1S/C19H25BrNO/c1-3-13-21(14-4-2,15-5-6-17-22)16-7-8-18-9-11-19(20)12-10-18/h9-12,22H,3-4,13-17H2,1-2H3/q+1. The largest absolute Gasteiger partial charge is 0.384 e. The summed E-state index contributed by atoms with van der Waals surface area (Å²) in [6, 6.07) is 8.07. The fourth-order valence-electron chi connectivity index (χ4n) is 2.55. The number of aliphatic hydroxyl groups is 1. The average Bonchev–Trinajstić information content (AvgIpc) is 2.50. The van der Waals surface area contributed by atoms with Crippen LogP contribution in [0.5, 0.6) is 0 Å². The minimum atomic E-state index is -0.0666. The van der Waals surface area contributed by atoms with Gasteiger partial charge in [-0.2, -0.15) is 0 Å². The molecule has 0 amide bonds. The zero-order chi connectivity index (χ0) is 16.3. The lowest BCUT2D eigenvalue weighted by Gasteiger charge is -2.35. The summed E-state index contributed by atoms with van der Waals surface area (Å²) in [5.41, 5.74) is 1.04. The zero-order valence-electron chi connectivity index (χ0n) is 13.5. The summed E-state index contributed by atoms with van der Waals surface area (Å²) >= 11 is 3.43. The van der Waals surface area contributed by atoms with Gasteiger partial charge in [-0.1, -0.05) is 41.6 Å². The summed E-state index contributed by atoms with van der Waals surface area (Å²) in [6.45, 7) is 8.04. The van der Waals surface area contributed by atoms with Crippen LogP contribution in [0.2, 0.25) is 0 Å². The van der Waals surface area contributed by atoms with Crippen LogP contribution in [0.15, 0.2) is 28.7 Å². The molecule has 22 heavy (non-hydrogen) atoms. The van der Waals surface area contributed by atoms with Crippen molar-refractivity contribution in [2.75, 3.05) is 32.8 Å². The highest BCUT2D eigenvalue weighted by atomic mass is 79.9. The molecule has 0 spiro atoms. The van der Waals surface area contributed by atoms with Crippen LogP contribution in [-0.4, -0.2) is 42.4 Å². The molecule has 0 fully saturated rings. The third-order valence-electron chi connectivity index (χ3n) is 3.51. The Labute approximate surface area is 143 Å². The molecule has 0 aliphatic heterocycles. The molecule has 1 rings (SSSR count). The molecule has 0 aliphatic carbocycles. The number of halogens is 1. The summed E-state index contributed by atoms with van der Waals surface area (Å²) in [6.07, 6.45) is 2.22. The van der Waals surface area contributed by atoms with E-state index in [0.29, 0.717) is 0 Å². The predicted octanol–water partition coefficient (Wildman–Crippen LogP) is 3.43. The average molecular weight is 363 g/mol. The van der Waals surface area contributed by atoms with Crippen LogP contribution < -0.4 is 0 Å². The zero-order valence-corrected chi connectivity index (χ0v) is 15.1. The lowest BCUT2D eigenvalue weighted by atomic mass is 10.2. The second kappa shape index (κ2) is 10.5. The van der Waals surface area contributed by atoms with E-state index in [1.807, 2.05) is 24.3 Å². The van der Waals surface area contributed by atoms with Crippen molar-refractivity contribution in [2.24, 2.45) is 0 Å². The molecule has 2 nitrogen and oxygen atoms in total. The van der Waals surface area contributed by atoms with Crippen molar-refractivity contribution < 1.29 is 9.59 Å². The summed E-state index contributed by atoms with van der Waals surface area (Å²) in [5.74, 6) is 12.5. The highest BCUT2D eigenvalue weighted by Crippen LogP contribution is 2.11. The van der Waals surface area contributed by atoms with E-state index in [2.05, 4.69) is 53.5 Å². The van der Waals surface area contributed by atoms with Gasteiger partial charge in [0.15, 0.2) is 0 Å². The minimum absolute atomic E-state index is 0.0666. The highest BCUT2D eigenvalue weighted by Gasteiger charge is 2.23. The molecule has 0 heterocycles. The summed E-state index contributed by atoms with van der Waals surface area (Å²) in [4.78, 5) is 0. The molecular formula is C19H25BrNO+. The van der Waals surface area contributed by atoms with Crippen molar-refractivity contribution in [2.45, 2.75) is 26.7 Å². The van der Waals surface area contributed by atoms with Gasteiger partial charge in [-0.25, -0.2) is 0 Å². The highest BCUT2D eigenvalue weighted by molar-refractivity contribution is 9.10. The molecular weight excluding hydrogens is 338 g/mol. The molecule has 0 aromatic heterocycles. The number of hydrogen-bond donors (Lipinski definition) is 1. The van der Waals surface area contributed by atoms with Crippen LogP contribution in [0.3, 0.4) is 0 Å². The molecule has 0 saturated heterocycles. The molecule has 0 aliphatic rings. The van der Waals surface area contributed by atoms with Crippen molar-refractivity contribution in [3.8, 4) is 23.7 Å². The number of aliphatic hydroxyl groups excluding tert-OH is 1. The van der Waals surface area contributed by atoms with Crippen molar-refractivity contribution in [1.82, 2.24) is 0 Å². The summed E-state index contributed by atoms with van der Waals surface area (Å²) in [7, 11) is 0. The Morgan fingerprint density at radius 1 is 0.955 bits per heavy atom. The van der Waals surface area contributed by atoms with Gasteiger partial charge in [0.05, 0.1) is 13.1 Å². The molecule has 118 valence electrons. The lowest BCUT2D eigenvalue weighted by Crippen LogP contribution is -2.49. The van der Waals surface area contributed by atoms with E-state index in [1.165, 1.54) is 0 Å². The summed E-state index contributed by atoms with van der Waals surface area (Å²) < 4.78 is 1.96. The van der Waals surface area contributed by atoms with E-state index in [9.17, 15) is 0 Å². The van der Waals surface area contributed by atoms with Crippen LogP contribution in [0.4, 0.5) is 0 Å². The maximum absolute atomic E-state index is 8.86. The first-order chi connectivity index (χ1) is 10.7. The lowest BCUT2D eigenvalue weighted by molar-refractivity contribution is -0.915. The van der Waals surface area contributed by atoms with Crippen LogP contribution in [0.1, 0.15) is 32.3 Å². The quantitative estimate of drug-likeness (QED) is 0.607. The number of hydrogen-bond acceptors (Lipinski definition) is 1. The minimum Gasteiger partial charge on any atom is -0.384 e. The molecule has 1 aromatic rings. The monoisotopic (exact) mass is 362 g/mol. The van der Waals surface area contributed by atoms with E-state index < -0.39 is 0 Å². The number of rotatable bonds is 6. The van der Waals surface area contributed by atoms with Crippen molar-refractivity contribution in [1.29, 1.82) is 0 Å². The second-order valence-corrected chi connectivity index (χ2v) is 6.34. The first-order valence-corrected chi connectivity index (χ1v) is 8.61. The Balaban J connectivity index is 2.84. The van der Waals surface area contributed by atoms with Crippen molar-refractivity contribution in [3.05, 3.63) is 34.3 Å². The van der Waals surface area contributed by atoms with Gasteiger partial charge in [-0.05, 0) is 48.9 Å². The Kier molecular flexibility index (Phi) is 8.94. The smallest absolute Gasteiger partial charge is 0.142 e. The van der Waals surface area contributed by atoms with Gasteiger partial charge in [-0.3, -0.25) is 0 Å². The Morgan fingerprint density at radius 2 is 1.55 bits per heavy atom. The van der Waals surface area contributed by atoms with Crippen LogP contribution in [0, 0.1) is 23.7 Å². The first kappa shape index (κ1) is 18.8. The third-order valence-corrected chi connectivity index (χ3v) is 4.03. The normalized spacial score (nSPS) is 10.4.